The molecule has 7 heteroatoms. The highest BCUT2D eigenvalue weighted by Gasteiger charge is 2.12. The van der Waals surface area contributed by atoms with E-state index in [-0.39, 0.29) is 5.91 Å². The maximum absolute atomic E-state index is 11.9. The molecule has 100 valence electrons. The Morgan fingerprint density at radius 3 is 3.00 bits per heavy atom. The summed E-state index contributed by atoms with van der Waals surface area (Å²) >= 11 is 1.24. The van der Waals surface area contributed by atoms with Crippen LogP contribution in [0.15, 0.2) is 18.5 Å². The van der Waals surface area contributed by atoms with Crippen LogP contribution in [0.4, 0.5) is 5.13 Å². The third-order valence-corrected chi connectivity index (χ3v) is 3.41. The number of nitrogens with zero attached hydrogens (tertiary/aromatic N) is 3. The van der Waals surface area contributed by atoms with Gasteiger partial charge in [-0.1, -0.05) is 11.3 Å². The summed E-state index contributed by atoms with van der Waals surface area (Å²) in [6.07, 6.45) is 3.48. The van der Waals surface area contributed by atoms with Crippen LogP contribution in [0.3, 0.4) is 0 Å². The smallest absolute Gasteiger partial charge is 0.282 e. The summed E-state index contributed by atoms with van der Waals surface area (Å²) in [7, 11) is 0. The first-order valence-electron chi connectivity index (χ1n) is 5.95. The highest BCUT2D eigenvalue weighted by atomic mass is 32.1. The fourth-order valence-electron chi connectivity index (χ4n) is 1.47. The summed E-state index contributed by atoms with van der Waals surface area (Å²) in [4.78, 5) is 15.9. The van der Waals surface area contributed by atoms with E-state index in [1.807, 2.05) is 19.9 Å². The monoisotopic (exact) mass is 277 g/mol. The molecule has 2 rings (SSSR count). The largest absolute Gasteiger partial charge is 0.360 e. The molecule has 0 bridgehead atoms. The lowest BCUT2D eigenvalue weighted by atomic mass is 10.1. The molecule has 0 aromatic carbocycles. The van der Waals surface area contributed by atoms with Gasteiger partial charge < -0.3 is 10.6 Å². The van der Waals surface area contributed by atoms with Crippen molar-refractivity contribution in [3.8, 4) is 0 Å². The van der Waals surface area contributed by atoms with Crippen molar-refractivity contribution in [2.45, 2.75) is 20.4 Å². The molecule has 19 heavy (non-hydrogen) atoms. The third kappa shape index (κ3) is 3.47. The number of amides is 1. The molecule has 0 saturated carbocycles. The fourth-order valence-corrected chi connectivity index (χ4v) is 2.20. The minimum Gasteiger partial charge on any atom is -0.360 e. The van der Waals surface area contributed by atoms with Gasteiger partial charge in [0.05, 0.1) is 0 Å². The Balaban J connectivity index is 1.95. The zero-order chi connectivity index (χ0) is 13.7. The molecule has 0 unspecified atom stereocenters. The van der Waals surface area contributed by atoms with Crippen LogP contribution in [-0.4, -0.2) is 27.6 Å². The van der Waals surface area contributed by atoms with Gasteiger partial charge in [0, 0.05) is 25.5 Å². The predicted octanol–water partition coefficient (Wildman–Crippen LogP) is 1.60. The lowest BCUT2D eigenvalue weighted by Crippen LogP contribution is -2.23. The van der Waals surface area contributed by atoms with Crippen LogP contribution in [0, 0.1) is 6.92 Å². The number of rotatable bonds is 5. The average Bonchev–Trinajstić information content (AvgIpc) is 2.87. The highest BCUT2D eigenvalue weighted by Crippen LogP contribution is 2.14. The molecular weight excluding hydrogens is 262 g/mol. The van der Waals surface area contributed by atoms with E-state index >= 15 is 0 Å². The summed E-state index contributed by atoms with van der Waals surface area (Å²) in [6, 6.07) is 1.91. The van der Waals surface area contributed by atoms with E-state index in [4.69, 9.17) is 0 Å². The Hall–Kier alpha value is -2.02. The SMILES string of the molecule is CCNc1nnc(C(=O)NCc2cnccc2C)s1. The van der Waals surface area contributed by atoms with E-state index in [2.05, 4.69) is 25.8 Å². The second kappa shape index (κ2) is 6.24. The van der Waals surface area contributed by atoms with Gasteiger partial charge in [-0.05, 0) is 31.0 Å². The van der Waals surface area contributed by atoms with E-state index in [0.717, 1.165) is 17.7 Å². The van der Waals surface area contributed by atoms with Gasteiger partial charge >= 0.3 is 0 Å². The molecule has 0 fully saturated rings. The molecule has 1 amide bonds. The first-order chi connectivity index (χ1) is 9.20. The predicted molar refractivity (Wildman–Crippen MR) is 74.2 cm³/mol. The lowest BCUT2D eigenvalue weighted by Gasteiger charge is -2.05. The number of carbonyl (C=O) groups excluding carboxylic acids is 1. The summed E-state index contributed by atoms with van der Waals surface area (Å²) in [6.45, 7) is 5.14. The summed E-state index contributed by atoms with van der Waals surface area (Å²) in [5.41, 5.74) is 2.09. The number of aryl methyl sites for hydroxylation is 1. The Morgan fingerprint density at radius 2 is 2.26 bits per heavy atom. The van der Waals surface area contributed by atoms with E-state index in [1.54, 1.807) is 12.4 Å². The molecule has 0 aliphatic heterocycles. The Kier molecular flexibility index (Phi) is 4.40. The number of aromatic nitrogens is 3. The molecule has 2 aromatic rings. The number of hydrogen-bond donors (Lipinski definition) is 2. The average molecular weight is 277 g/mol. The second-order valence-corrected chi connectivity index (χ2v) is 4.91. The number of anilines is 1. The Bertz CT molecular complexity index is 569. The van der Waals surface area contributed by atoms with E-state index in [0.29, 0.717) is 16.7 Å². The number of carbonyl (C=O) groups is 1. The van der Waals surface area contributed by atoms with E-state index < -0.39 is 0 Å². The van der Waals surface area contributed by atoms with Crippen LogP contribution < -0.4 is 10.6 Å². The topological polar surface area (TPSA) is 79.8 Å². The zero-order valence-corrected chi connectivity index (χ0v) is 11.6. The molecule has 0 saturated heterocycles. The maximum Gasteiger partial charge on any atom is 0.282 e. The van der Waals surface area contributed by atoms with E-state index in [9.17, 15) is 4.79 Å². The molecule has 0 aliphatic rings. The molecule has 2 N–H and O–H groups in total. The maximum atomic E-state index is 11.9. The third-order valence-electron chi connectivity index (χ3n) is 2.53. The Labute approximate surface area is 115 Å². The molecule has 0 atom stereocenters. The van der Waals surface area contributed by atoms with Gasteiger partial charge in [0.25, 0.3) is 5.91 Å². The van der Waals surface area contributed by atoms with Crippen molar-refractivity contribution in [3.63, 3.8) is 0 Å². The van der Waals surface area contributed by atoms with Gasteiger partial charge in [-0.3, -0.25) is 9.78 Å². The second-order valence-electron chi connectivity index (χ2n) is 3.93. The van der Waals surface area contributed by atoms with Crippen molar-refractivity contribution < 1.29 is 4.79 Å². The molecule has 0 aliphatic carbocycles. The first kappa shape index (κ1) is 13.4. The van der Waals surface area contributed by atoms with Crippen LogP contribution in [0.5, 0.6) is 0 Å². The van der Waals surface area contributed by atoms with Crippen LogP contribution in [0.25, 0.3) is 0 Å². The molecule has 2 heterocycles. The molecule has 6 nitrogen and oxygen atoms in total. The molecular formula is C12H15N5OS. The van der Waals surface area contributed by atoms with Crippen LogP contribution in [0.1, 0.15) is 27.9 Å². The fraction of sp³-hybridized carbons (Fsp3) is 0.333. The van der Waals surface area contributed by atoms with E-state index in [1.165, 1.54) is 11.3 Å². The molecule has 0 radical (unpaired) electrons. The quantitative estimate of drug-likeness (QED) is 0.868. The molecule has 2 aromatic heterocycles. The zero-order valence-electron chi connectivity index (χ0n) is 10.8. The summed E-state index contributed by atoms with van der Waals surface area (Å²) in [5, 5.41) is 14.6. The van der Waals surface area contributed by atoms with Crippen molar-refractivity contribution in [2.24, 2.45) is 0 Å². The first-order valence-corrected chi connectivity index (χ1v) is 6.77. The van der Waals surface area contributed by atoms with Crippen LogP contribution in [0.2, 0.25) is 0 Å². The van der Waals surface area contributed by atoms with Crippen LogP contribution >= 0.6 is 11.3 Å². The summed E-state index contributed by atoms with van der Waals surface area (Å²) in [5.74, 6) is -0.218. The van der Waals surface area contributed by atoms with Crippen molar-refractivity contribution >= 4 is 22.4 Å². The molecule has 0 spiro atoms. The van der Waals surface area contributed by atoms with Gasteiger partial charge in [0.15, 0.2) is 0 Å². The standard InChI is InChI=1S/C12H15N5OS/c1-3-14-12-17-16-11(19-12)10(18)15-7-9-6-13-5-4-8(9)2/h4-6H,3,7H2,1-2H3,(H,14,17)(H,15,18). The number of nitrogens with one attached hydrogen (secondary N) is 2. The van der Waals surface area contributed by atoms with Crippen molar-refractivity contribution in [3.05, 3.63) is 34.6 Å². The van der Waals surface area contributed by atoms with Gasteiger partial charge in [0.2, 0.25) is 10.1 Å². The lowest BCUT2D eigenvalue weighted by molar-refractivity contribution is 0.0949. The highest BCUT2D eigenvalue weighted by molar-refractivity contribution is 7.17. The van der Waals surface area contributed by atoms with Gasteiger partial charge in [-0.25, -0.2) is 0 Å². The minimum atomic E-state index is -0.218. The summed E-state index contributed by atoms with van der Waals surface area (Å²) < 4.78 is 0. The van der Waals surface area contributed by atoms with Gasteiger partial charge in [-0.15, -0.1) is 10.2 Å². The van der Waals surface area contributed by atoms with Gasteiger partial charge in [-0.2, -0.15) is 0 Å². The van der Waals surface area contributed by atoms with Crippen LogP contribution in [-0.2, 0) is 6.54 Å². The number of hydrogen-bond acceptors (Lipinski definition) is 6. The van der Waals surface area contributed by atoms with Crippen molar-refractivity contribution in [2.75, 3.05) is 11.9 Å². The normalized spacial score (nSPS) is 10.2. The van der Waals surface area contributed by atoms with Crippen molar-refractivity contribution in [1.82, 2.24) is 20.5 Å². The van der Waals surface area contributed by atoms with Crippen molar-refractivity contribution in [1.29, 1.82) is 0 Å². The number of pyridine rings is 1. The minimum absolute atomic E-state index is 0.218. The van der Waals surface area contributed by atoms with Gasteiger partial charge in [0.1, 0.15) is 0 Å². The Morgan fingerprint density at radius 1 is 1.42 bits per heavy atom.